The molecule has 0 amide bonds. The fraction of sp³-hybridized carbons (Fsp3) is 0.467. The molecule has 2 rings (SSSR count). The van der Waals surface area contributed by atoms with Gasteiger partial charge in [-0.15, -0.1) is 0 Å². The van der Waals surface area contributed by atoms with E-state index in [4.69, 9.17) is 23.2 Å². The molecule has 20 heavy (non-hydrogen) atoms. The van der Waals surface area contributed by atoms with E-state index in [9.17, 15) is 0 Å². The van der Waals surface area contributed by atoms with E-state index in [2.05, 4.69) is 17.0 Å². The van der Waals surface area contributed by atoms with E-state index in [1.807, 2.05) is 22.9 Å². The molecule has 1 atom stereocenters. The van der Waals surface area contributed by atoms with E-state index in [0.717, 1.165) is 30.0 Å². The van der Waals surface area contributed by atoms with Crippen LogP contribution in [-0.2, 0) is 13.0 Å². The largest absolute Gasteiger partial charge is 0.253 e. The number of benzene rings is 1. The monoisotopic (exact) mass is 311 g/mol. The van der Waals surface area contributed by atoms with Crippen LogP contribution in [0.1, 0.15) is 31.7 Å². The minimum atomic E-state index is 0.510. The van der Waals surface area contributed by atoms with E-state index in [1.165, 1.54) is 12.8 Å². The van der Waals surface area contributed by atoms with Crippen LogP contribution in [0.2, 0.25) is 10.0 Å². The van der Waals surface area contributed by atoms with Crippen LogP contribution in [0, 0.1) is 5.92 Å². The molecule has 0 spiro atoms. The van der Waals surface area contributed by atoms with Gasteiger partial charge in [0, 0.05) is 16.6 Å². The van der Waals surface area contributed by atoms with Gasteiger partial charge >= 0.3 is 0 Å². The Morgan fingerprint density at radius 2 is 2.15 bits per heavy atom. The van der Waals surface area contributed by atoms with E-state index in [-0.39, 0.29) is 0 Å². The Balaban J connectivity index is 2.06. The van der Waals surface area contributed by atoms with Crippen LogP contribution in [0.15, 0.2) is 30.9 Å². The number of aromatic nitrogens is 3. The molecule has 5 heteroatoms. The second kappa shape index (κ2) is 7.65. The standard InChI is InChI=1S/C15H19Cl2N3/c1-2-3-4-12(9-20-11-18-10-19-20)7-13-5-6-14(16)8-15(13)17/h5-6,8,10-12H,2-4,7,9H2,1H3. The first-order chi connectivity index (χ1) is 9.69. The van der Waals surface area contributed by atoms with Crippen LogP contribution in [-0.4, -0.2) is 14.8 Å². The molecule has 0 fully saturated rings. The second-order valence-corrected chi connectivity index (χ2v) is 5.91. The van der Waals surface area contributed by atoms with Crippen molar-refractivity contribution in [1.82, 2.24) is 14.8 Å². The number of unbranched alkanes of at least 4 members (excludes halogenated alkanes) is 1. The first kappa shape index (κ1) is 15.3. The molecule has 0 radical (unpaired) electrons. The molecule has 1 aromatic carbocycles. The lowest BCUT2D eigenvalue weighted by Gasteiger charge is -2.17. The van der Waals surface area contributed by atoms with Crippen LogP contribution in [0.4, 0.5) is 0 Å². The molecule has 0 N–H and O–H groups in total. The van der Waals surface area contributed by atoms with Crippen molar-refractivity contribution in [2.45, 2.75) is 39.2 Å². The van der Waals surface area contributed by atoms with Crippen LogP contribution in [0.5, 0.6) is 0 Å². The molecule has 2 aromatic rings. The Hall–Kier alpha value is -1.06. The maximum atomic E-state index is 6.27. The third kappa shape index (κ3) is 4.50. The van der Waals surface area contributed by atoms with Gasteiger partial charge in [-0.25, -0.2) is 4.98 Å². The maximum absolute atomic E-state index is 6.27. The van der Waals surface area contributed by atoms with Crippen molar-refractivity contribution in [1.29, 1.82) is 0 Å². The molecule has 0 aliphatic heterocycles. The van der Waals surface area contributed by atoms with Crippen molar-refractivity contribution in [3.63, 3.8) is 0 Å². The SMILES string of the molecule is CCCCC(Cc1ccc(Cl)cc1Cl)Cn1cncn1. The molecule has 0 aliphatic rings. The molecule has 1 unspecified atom stereocenters. The molecule has 3 nitrogen and oxygen atoms in total. The zero-order chi connectivity index (χ0) is 14.4. The summed E-state index contributed by atoms with van der Waals surface area (Å²) in [5, 5.41) is 5.62. The van der Waals surface area contributed by atoms with Crippen LogP contribution in [0.25, 0.3) is 0 Å². The van der Waals surface area contributed by atoms with Gasteiger partial charge in [-0.05, 0) is 36.5 Å². The molecule has 1 aromatic heterocycles. The quantitative estimate of drug-likeness (QED) is 0.746. The molecule has 0 saturated carbocycles. The smallest absolute Gasteiger partial charge is 0.137 e. The van der Waals surface area contributed by atoms with Gasteiger partial charge in [-0.2, -0.15) is 5.10 Å². The van der Waals surface area contributed by atoms with Gasteiger partial charge in [0.1, 0.15) is 12.7 Å². The van der Waals surface area contributed by atoms with Crippen molar-refractivity contribution in [3.8, 4) is 0 Å². The lowest BCUT2D eigenvalue weighted by Crippen LogP contribution is -2.14. The number of rotatable bonds is 7. The molecule has 0 saturated heterocycles. The van der Waals surface area contributed by atoms with Crippen molar-refractivity contribution in [3.05, 3.63) is 46.5 Å². The summed E-state index contributed by atoms with van der Waals surface area (Å²) in [6, 6.07) is 5.73. The maximum Gasteiger partial charge on any atom is 0.137 e. The summed E-state index contributed by atoms with van der Waals surface area (Å²) in [7, 11) is 0. The first-order valence-corrected chi connectivity index (χ1v) is 7.71. The average Bonchev–Trinajstić information content (AvgIpc) is 2.92. The van der Waals surface area contributed by atoms with E-state index in [1.54, 1.807) is 12.7 Å². The summed E-state index contributed by atoms with van der Waals surface area (Å²) < 4.78 is 1.89. The molecule has 0 aliphatic carbocycles. The van der Waals surface area contributed by atoms with Crippen LogP contribution >= 0.6 is 23.2 Å². The molecular formula is C15H19Cl2N3. The third-order valence-electron chi connectivity index (χ3n) is 3.40. The van der Waals surface area contributed by atoms with Crippen molar-refractivity contribution >= 4 is 23.2 Å². The lowest BCUT2D eigenvalue weighted by molar-refractivity contribution is 0.379. The normalized spacial score (nSPS) is 12.6. The predicted octanol–water partition coefficient (Wildman–Crippen LogP) is 4.63. The lowest BCUT2D eigenvalue weighted by atomic mass is 9.94. The fourth-order valence-corrected chi connectivity index (χ4v) is 2.83. The summed E-state index contributed by atoms with van der Waals surface area (Å²) in [5.74, 6) is 0.510. The number of nitrogens with zero attached hydrogens (tertiary/aromatic N) is 3. The Kier molecular flexibility index (Phi) is 5.86. The van der Waals surface area contributed by atoms with Gasteiger partial charge in [0.25, 0.3) is 0 Å². The highest BCUT2D eigenvalue weighted by Crippen LogP contribution is 2.25. The van der Waals surface area contributed by atoms with Gasteiger partial charge in [0.15, 0.2) is 0 Å². The van der Waals surface area contributed by atoms with Crippen LogP contribution < -0.4 is 0 Å². The van der Waals surface area contributed by atoms with E-state index < -0.39 is 0 Å². The van der Waals surface area contributed by atoms with Crippen molar-refractivity contribution in [2.75, 3.05) is 0 Å². The minimum absolute atomic E-state index is 0.510. The highest BCUT2D eigenvalue weighted by atomic mass is 35.5. The van der Waals surface area contributed by atoms with Gasteiger partial charge in [0.2, 0.25) is 0 Å². The Labute approximate surface area is 129 Å². The summed E-state index contributed by atoms with van der Waals surface area (Å²) in [5.41, 5.74) is 1.15. The predicted molar refractivity (Wildman–Crippen MR) is 83.2 cm³/mol. The zero-order valence-corrected chi connectivity index (χ0v) is 13.1. The highest BCUT2D eigenvalue weighted by Gasteiger charge is 2.13. The number of hydrogen-bond acceptors (Lipinski definition) is 2. The molecular weight excluding hydrogens is 293 g/mol. The Morgan fingerprint density at radius 3 is 2.80 bits per heavy atom. The van der Waals surface area contributed by atoms with Gasteiger partial charge in [-0.1, -0.05) is 49.0 Å². The summed E-state index contributed by atoms with van der Waals surface area (Å²) >= 11 is 12.2. The highest BCUT2D eigenvalue weighted by molar-refractivity contribution is 6.35. The molecule has 108 valence electrons. The third-order valence-corrected chi connectivity index (χ3v) is 3.99. The molecule has 0 bridgehead atoms. The summed E-state index contributed by atoms with van der Waals surface area (Å²) in [4.78, 5) is 4.00. The van der Waals surface area contributed by atoms with Gasteiger partial charge in [0.05, 0.1) is 0 Å². The number of hydrogen-bond donors (Lipinski definition) is 0. The summed E-state index contributed by atoms with van der Waals surface area (Å²) in [6.45, 7) is 3.08. The van der Waals surface area contributed by atoms with Gasteiger partial charge < -0.3 is 0 Å². The summed E-state index contributed by atoms with van der Waals surface area (Å²) in [6.07, 6.45) is 7.85. The van der Waals surface area contributed by atoms with Crippen molar-refractivity contribution < 1.29 is 0 Å². The average molecular weight is 312 g/mol. The Bertz CT molecular complexity index is 526. The zero-order valence-electron chi connectivity index (χ0n) is 11.6. The fourth-order valence-electron chi connectivity index (χ4n) is 2.34. The topological polar surface area (TPSA) is 30.7 Å². The number of halogens is 2. The minimum Gasteiger partial charge on any atom is -0.253 e. The van der Waals surface area contributed by atoms with E-state index in [0.29, 0.717) is 10.9 Å². The molecule has 1 heterocycles. The first-order valence-electron chi connectivity index (χ1n) is 6.95. The van der Waals surface area contributed by atoms with Gasteiger partial charge in [-0.3, -0.25) is 4.68 Å². The van der Waals surface area contributed by atoms with Crippen molar-refractivity contribution in [2.24, 2.45) is 5.92 Å². The van der Waals surface area contributed by atoms with E-state index >= 15 is 0 Å². The second-order valence-electron chi connectivity index (χ2n) is 5.07. The Morgan fingerprint density at radius 1 is 1.30 bits per heavy atom. The van der Waals surface area contributed by atoms with Crippen LogP contribution in [0.3, 0.4) is 0 Å².